The summed E-state index contributed by atoms with van der Waals surface area (Å²) in [7, 11) is 0. The molecule has 110 valence electrons. The number of para-hydroxylation sites is 1. The Hall–Kier alpha value is -1.90. The summed E-state index contributed by atoms with van der Waals surface area (Å²) in [4.78, 5) is 16.1. The minimum absolute atomic E-state index is 0.00415. The quantitative estimate of drug-likeness (QED) is 0.934. The van der Waals surface area contributed by atoms with E-state index in [1.807, 2.05) is 19.1 Å². The van der Waals surface area contributed by atoms with Crippen molar-refractivity contribution in [1.29, 1.82) is 0 Å². The lowest BCUT2D eigenvalue weighted by molar-refractivity contribution is -0.123. The Morgan fingerprint density at radius 3 is 2.57 bits per heavy atom. The Kier molecular flexibility index (Phi) is 3.91. The van der Waals surface area contributed by atoms with Crippen LogP contribution >= 0.6 is 0 Å². The molecule has 1 fully saturated rings. The van der Waals surface area contributed by atoms with Crippen LogP contribution in [0.3, 0.4) is 0 Å². The van der Waals surface area contributed by atoms with E-state index in [0.717, 1.165) is 31.2 Å². The molecule has 3 heteroatoms. The summed E-state index contributed by atoms with van der Waals surface area (Å²) in [6.45, 7) is 1.96. The minimum Gasteiger partial charge on any atom is -0.369 e. The third-order valence-corrected chi connectivity index (χ3v) is 4.97. The molecule has 1 saturated carbocycles. The molecular weight excluding hydrogens is 260 g/mol. The Morgan fingerprint density at radius 1 is 1.14 bits per heavy atom. The highest BCUT2D eigenvalue weighted by molar-refractivity contribution is 5.78. The van der Waals surface area contributed by atoms with Crippen LogP contribution in [-0.4, -0.2) is 10.9 Å². The predicted molar refractivity (Wildman–Crippen MR) is 84.8 cm³/mol. The molecule has 1 unspecified atom stereocenters. The van der Waals surface area contributed by atoms with Crippen molar-refractivity contribution in [3.05, 3.63) is 42.1 Å². The van der Waals surface area contributed by atoms with E-state index < -0.39 is 0 Å². The zero-order chi connectivity index (χ0) is 14.8. The number of hydrogen-bond acceptors (Lipinski definition) is 2. The Bertz CT molecular complexity index is 644. The van der Waals surface area contributed by atoms with E-state index in [0.29, 0.717) is 11.8 Å². The van der Waals surface area contributed by atoms with E-state index in [1.165, 1.54) is 11.1 Å². The van der Waals surface area contributed by atoms with Gasteiger partial charge in [-0.25, -0.2) is 0 Å². The van der Waals surface area contributed by atoms with Gasteiger partial charge in [0.25, 0.3) is 0 Å². The number of carbonyl (C=O) groups is 1. The summed E-state index contributed by atoms with van der Waals surface area (Å²) in [5.74, 6) is 0.794. The highest BCUT2D eigenvalue weighted by Gasteiger charge is 2.29. The van der Waals surface area contributed by atoms with Crippen LogP contribution in [0.15, 0.2) is 36.4 Å². The fraction of sp³-hybridized carbons (Fsp3) is 0.444. The molecule has 1 heterocycles. The van der Waals surface area contributed by atoms with Crippen molar-refractivity contribution < 1.29 is 4.79 Å². The molecule has 3 nitrogen and oxygen atoms in total. The maximum Gasteiger partial charge on any atom is 0.220 e. The number of hydrogen-bond donors (Lipinski definition) is 1. The first-order valence-corrected chi connectivity index (χ1v) is 7.80. The summed E-state index contributed by atoms with van der Waals surface area (Å²) in [5.41, 5.74) is 7.69. The SMILES string of the molecule is CC(C(N)=O)C1CCC(c2ccc3ccccc3n2)CC1. The van der Waals surface area contributed by atoms with Crippen molar-refractivity contribution in [1.82, 2.24) is 4.98 Å². The van der Waals surface area contributed by atoms with E-state index in [-0.39, 0.29) is 11.8 Å². The molecule has 0 saturated heterocycles. The van der Waals surface area contributed by atoms with Crippen LogP contribution in [0.5, 0.6) is 0 Å². The molecule has 21 heavy (non-hydrogen) atoms. The van der Waals surface area contributed by atoms with Gasteiger partial charge in [-0.2, -0.15) is 0 Å². The fourth-order valence-corrected chi connectivity index (χ4v) is 3.46. The molecular formula is C18H22N2O. The van der Waals surface area contributed by atoms with Crippen molar-refractivity contribution in [2.45, 2.75) is 38.5 Å². The summed E-state index contributed by atoms with van der Waals surface area (Å²) in [6.07, 6.45) is 4.35. The van der Waals surface area contributed by atoms with E-state index in [4.69, 9.17) is 10.7 Å². The fourth-order valence-electron chi connectivity index (χ4n) is 3.46. The number of aromatic nitrogens is 1. The van der Waals surface area contributed by atoms with Crippen LogP contribution in [0, 0.1) is 11.8 Å². The first-order chi connectivity index (χ1) is 10.1. The van der Waals surface area contributed by atoms with Gasteiger partial charge < -0.3 is 5.73 Å². The van der Waals surface area contributed by atoms with Gasteiger partial charge in [0.2, 0.25) is 5.91 Å². The number of primary amides is 1. The van der Waals surface area contributed by atoms with Gasteiger partial charge >= 0.3 is 0 Å². The van der Waals surface area contributed by atoms with Crippen LogP contribution in [0.1, 0.15) is 44.2 Å². The molecule has 1 aliphatic rings. The molecule has 2 aromatic rings. The molecule has 1 amide bonds. The van der Waals surface area contributed by atoms with Crippen LogP contribution in [0.4, 0.5) is 0 Å². The smallest absolute Gasteiger partial charge is 0.220 e. The zero-order valence-corrected chi connectivity index (χ0v) is 12.5. The van der Waals surface area contributed by atoms with Gasteiger partial charge in [0.15, 0.2) is 0 Å². The number of amides is 1. The van der Waals surface area contributed by atoms with Gasteiger partial charge in [0.1, 0.15) is 0 Å². The number of nitrogens with two attached hydrogens (primary N) is 1. The number of fused-ring (bicyclic) bond motifs is 1. The predicted octanol–water partition coefficient (Wildman–Crippen LogP) is 3.63. The van der Waals surface area contributed by atoms with E-state index in [9.17, 15) is 4.79 Å². The number of benzene rings is 1. The summed E-state index contributed by atoms with van der Waals surface area (Å²) >= 11 is 0. The first kappa shape index (κ1) is 14.1. The van der Waals surface area contributed by atoms with Crippen molar-refractivity contribution in [3.63, 3.8) is 0 Å². The molecule has 3 rings (SSSR count). The molecule has 2 N–H and O–H groups in total. The van der Waals surface area contributed by atoms with Crippen molar-refractivity contribution in [2.24, 2.45) is 17.6 Å². The van der Waals surface area contributed by atoms with Gasteiger partial charge in [-0.05, 0) is 43.7 Å². The van der Waals surface area contributed by atoms with E-state index >= 15 is 0 Å². The summed E-state index contributed by atoms with van der Waals surface area (Å²) in [6, 6.07) is 12.6. The van der Waals surface area contributed by atoms with Gasteiger partial charge in [-0.1, -0.05) is 31.2 Å². The first-order valence-electron chi connectivity index (χ1n) is 7.80. The minimum atomic E-state index is -0.165. The van der Waals surface area contributed by atoms with E-state index in [2.05, 4.69) is 24.3 Å². The average Bonchev–Trinajstić information content (AvgIpc) is 2.54. The lowest BCUT2D eigenvalue weighted by Crippen LogP contribution is -2.30. The summed E-state index contributed by atoms with van der Waals surface area (Å²) < 4.78 is 0. The van der Waals surface area contributed by atoms with Crippen molar-refractivity contribution >= 4 is 16.8 Å². The average molecular weight is 282 g/mol. The molecule has 1 atom stereocenters. The van der Waals surface area contributed by atoms with Gasteiger partial charge in [0.05, 0.1) is 5.52 Å². The van der Waals surface area contributed by atoms with Gasteiger partial charge in [-0.15, -0.1) is 0 Å². The second kappa shape index (κ2) is 5.84. The topological polar surface area (TPSA) is 56.0 Å². The normalized spacial score (nSPS) is 23.9. The Morgan fingerprint density at radius 2 is 1.86 bits per heavy atom. The second-order valence-corrected chi connectivity index (χ2v) is 6.23. The molecule has 0 bridgehead atoms. The van der Waals surface area contributed by atoms with Crippen molar-refractivity contribution in [3.8, 4) is 0 Å². The van der Waals surface area contributed by atoms with Crippen molar-refractivity contribution in [2.75, 3.05) is 0 Å². The zero-order valence-electron chi connectivity index (χ0n) is 12.5. The number of carbonyl (C=O) groups excluding carboxylic acids is 1. The van der Waals surface area contributed by atoms with Crippen LogP contribution in [0.25, 0.3) is 10.9 Å². The standard InChI is InChI=1S/C18H22N2O/c1-12(18(19)21)13-6-8-15(9-7-13)17-11-10-14-4-2-3-5-16(14)20-17/h2-5,10-13,15H,6-9H2,1H3,(H2,19,21). The lowest BCUT2D eigenvalue weighted by Gasteiger charge is -2.30. The number of rotatable bonds is 3. The maximum absolute atomic E-state index is 11.3. The third-order valence-electron chi connectivity index (χ3n) is 4.97. The molecule has 1 aromatic heterocycles. The summed E-state index contributed by atoms with van der Waals surface area (Å²) in [5, 5.41) is 1.19. The highest BCUT2D eigenvalue weighted by atomic mass is 16.1. The van der Waals surface area contributed by atoms with Gasteiger partial charge in [0, 0.05) is 22.9 Å². The molecule has 0 radical (unpaired) electrons. The lowest BCUT2D eigenvalue weighted by atomic mass is 9.75. The Balaban J connectivity index is 1.72. The molecule has 1 aromatic carbocycles. The largest absolute Gasteiger partial charge is 0.369 e. The van der Waals surface area contributed by atoms with E-state index in [1.54, 1.807) is 0 Å². The van der Waals surface area contributed by atoms with Crippen LogP contribution in [0.2, 0.25) is 0 Å². The second-order valence-electron chi connectivity index (χ2n) is 6.23. The van der Waals surface area contributed by atoms with Crippen LogP contribution < -0.4 is 5.73 Å². The number of nitrogens with zero attached hydrogens (tertiary/aromatic N) is 1. The van der Waals surface area contributed by atoms with Gasteiger partial charge in [-0.3, -0.25) is 9.78 Å². The third kappa shape index (κ3) is 2.92. The molecule has 1 aliphatic carbocycles. The molecule has 0 spiro atoms. The molecule has 0 aliphatic heterocycles. The van der Waals surface area contributed by atoms with Crippen LogP contribution in [-0.2, 0) is 4.79 Å². The Labute approximate surface area is 125 Å². The monoisotopic (exact) mass is 282 g/mol. The maximum atomic E-state index is 11.3. The highest BCUT2D eigenvalue weighted by Crippen LogP contribution is 2.38. The number of pyridine rings is 1.